The average molecular weight is 304 g/mol. The van der Waals surface area contributed by atoms with Crippen LogP contribution in [0.15, 0.2) is 28.8 Å². The molecule has 0 bridgehead atoms. The number of nitrogens with two attached hydrogens (primary N) is 1. The molecule has 1 aromatic heterocycles. The van der Waals surface area contributed by atoms with Gasteiger partial charge in [0.2, 0.25) is 11.7 Å². The van der Waals surface area contributed by atoms with E-state index in [1.54, 1.807) is 24.3 Å². The van der Waals surface area contributed by atoms with Gasteiger partial charge >= 0.3 is 0 Å². The van der Waals surface area contributed by atoms with Gasteiger partial charge in [0.1, 0.15) is 5.75 Å². The molecule has 0 saturated carbocycles. The number of hydrogen-bond donors (Lipinski definition) is 2. The van der Waals surface area contributed by atoms with Crippen molar-refractivity contribution in [2.75, 3.05) is 13.1 Å². The van der Waals surface area contributed by atoms with Crippen LogP contribution in [-0.2, 0) is 13.0 Å². The number of carbonyl (C=O) groups excluding carboxylic acids is 1. The second-order valence-electron chi connectivity index (χ2n) is 4.67. The van der Waals surface area contributed by atoms with E-state index in [1.165, 1.54) is 0 Å². The monoisotopic (exact) mass is 304 g/mol. The quantitative estimate of drug-likeness (QED) is 0.712. The van der Waals surface area contributed by atoms with Crippen LogP contribution < -0.4 is 15.8 Å². The first-order valence-corrected chi connectivity index (χ1v) is 7.25. The molecule has 22 heavy (non-hydrogen) atoms. The van der Waals surface area contributed by atoms with E-state index in [4.69, 9.17) is 15.0 Å². The molecule has 1 aromatic carbocycles. The number of nitrogens with zero attached hydrogens (tertiary/aromatic N) is 2. The zero-order valence-corrected chi connectivity index (χ0v) is 12.5. The molecule has 0 radical (unpaired) electrons. The van der Waals surface area contributed by atoms with Gasteiger partial charge in [0, 0.05) is 18.5 Å². The number of aryl methyl sites for hydroxylation is 1. The SMILES string of the molecule is CCc1nc(COc2ccc(C(=O)NCCCN)cc2)no1. The topological polar surface area (TPSA) is 103 Å². The summed E-state index contributed by atoms with van der Waals surface area (Å²) in [6, 6.07) is 6.89. The molecular weight excluding hydrogens is 284 g/mol. The summed E-state index contributed by atoms with van der Waals surface area (Å²) in [7, 11) is 0. The number of rotatable bonds is 8. The number of carbonyl (C=O) groups is 1. The minimum absolute atomic E-state index is 0.120. The van der Waals surface area contributed by atoms with Crippen LogP contribution in [-0.4, -0.2) is 29.1 Å². The van der Waals surface area contributed by atoms with Crippen molar-refractivity contribution in [3.63, 3.8) is 0 Å². The van der Waals surface area contributed by atoms with Crippen LogP contribution in [0.4, 0.5) is 0 Å². The Bertz CT molecular complexity index is 595. The van der Waals surface area contributed by atoms with Gasteiger partial charge < -0.3 is 20.3 Å². The maximum absolute atomic E-state index is 11.8. The highest BCUT2D eigenvalue weighted by Crippen LogP contribution is 2.13. The van der Waals surface area contributed by atoms with Crippen molar-refractivity contribution in [2.24, 2.45) is 5.73 Å². The molecule has 1 amide bonds. The van der Waals surface area contributed by atoms with E-state index in [0.717, 1.165) is 6.42 Å². The Balaban J connectivity index is 1.84. The Morgan fingerprint density at radius 2 is 2.14 bits per heavy atom. The fourth-order valence-corrected chi connectivity index (χ4v) is 1.75. The lowest BCUT2D eigenvalue weighted by Gasteiger charge is -2.06. The van der Waals surface area contributed by atoms with Crippen LogP contribution in [0.3, 0.4) is 0 Å². The first kappa shape index (κ1) is 16.0. The van der Waals surface area contributed by atoms with Crippen LogP contribution in [0.25, 0.3) is 0 Å². The van der Waals surface area contributed by atoms with E-state index in [-0.39, 0.29) is 12.5 Å². The van der Waals surface area contributed by atoms with Gasteiger partial charge in [-0.1, -0.05) is 12.1 Å². The summed E-state index contributed by atoms with van der Waals surface area (Å²) >= 11 is 0. The van der Waals surface area contributed by atoms with Crippen molar-refractivity contribution in [2.45, 2.75) is 26.4 Å². The standard InChI is InChI=1S/C15H20N4O3/c1-2-14-18-13(19-22-14)10-21-12-6-4-11(5-7-12)15(20)17-9-3-8-16/h4-7H,2-3,8-10,16H2,1H3,(H,17,20). The summed E-state index contributed by atoms with van der Waals surface area (Å²) in [6.45, 7) is 3.30. The minimum Gasteiger partial charge on any atom is -0.485 e. The number of hydrogen-bond acceptors (Lipinski definition) is 6. The summed E-state index contributed by atoms with van der Waals surface area (Å²) in [6.07, 6.45) is 1.46. The third kappa shape index (κ3) is 4.56. The van der Waals surface area contributed by atoms with Crippen molar-refractivity contribution in [3.05, 3.63) is 41.5 Å². The van der Waals surface area contributed by atoms with Gasteiger partial charge in [0.25, 0.3) is 5.91 Å². The minimum atomic E-state index is -0.120. The van der Waals surface area contributed by atoms with E-state index in [9.17, 15) is 4.79 Å². The maximum Gasteiger partial charge on any atom is 0.251 e. The van der Waals surface area contributed by atoms with Crippen molar-refractivity contribution in [1.29, 1.82) is 0 Å². The first-order chi connectivity index (χ1) is 10.7. The van der Waals surface area contributed by atoms with Gasteiger partial charge in [0.15, 0.2) is 6.61 Å². The molecule has 0 aliphatic heterocycles. The number of nitrogens with one attached hydrogen (secondary N) is 1. The zero-order chi connectivity index (χ0) is 15.8. The predicted molar refractivity (Wildman–Crippen MR) is 80.5 cm³/mol. The zero-order valence-electron chi connectivity index (χ0n) is 12.5. The Kier molecular flexibility index (Phi) is 5.91. The fourth-order valence-electron chi connectivity index (χ4n) is 1.75. The molecule has 0 aliphatic rings. The summed E-state index contributed by atoms with van der Waals surface area (Å²) in [4.78, 5) is 16.0. The first-order valence-electron chi connectivity index (χ1n) is 7.25. The third-order valence-corrected chi connectivity index (χ3v) is 2.96. The largest absolute Gasteiger partial charge is 0.485 e. The van der Waals surface area contributed by atoms with Crippen molar-refractivity contribution < 1.29 is 14.1 Å². The number of amides is 1. The molecule has 2 rings (SSSR count). The van der Waals surface area contributed by atoms with Crippen LogP contribution in [0.2, 0.25) is 0 Å². The van der Waals surface area contributed by atoms with Crippen molar-refractivity contribution >= 4 is 5.91 Å². The van der Waals surface area contributed by atoms with E-state index in [2.05, 4.69) is 15.5 Å². The van der Waals surface area contributed by atoms with Gasteiger partial charge in [-0.25, -0.2) is 0 Å². The van der Waals surface area contributed by atoms with Crippen LogP contribution >= 0.6 is 0 Å². The fraction of sp³-hybridized carbons (Fsp3) is 0.400. The second-order valence-corrected chi connectivity index (χ2v) is 4.67. The summed E-state index contributed by atoms with van der Waals surface area (Å²) in [5.41, 5.74) is 5.96. The molecule has 1 heterocycles. The van der Waals surface area contributed by atoms with E-state index < -0.39 is 0 Å². The highest BCUT2D eigenvalue weighted by Gasteiger charge is 2.07. The van der Waals surface area contributed by atoms with Gasteiger partial charge in [-0.15, -0.1) is 0 Å². The lowest BCUT2D eigenvalue weighted by Crippen LogP contribution is -2.25. The molecule has 7 nitrogen and oxygen atoms in total. The van der Waals surface area contributed by atoms with Gasteiger partial charge in [0.05, 0.1) is 0 Å². The van der Waals surface area contributed by atoms with Crippen LogP contribution in [0, 0.1) is 0 Å². The third-order valence-electron chi connectivity index (χ3n) is 2.96. The van der Waals surface area contributed by atoms with Gasteiger partial charge in [-0.3, -0.25) is 4.79 Å². The average Bonchev–Trinajstić information content (AvgIpc) is 3.01. The van der Waals surface area contributed by atoms with Crippen LogP contribution in [0.1, 0.15) is 35.4 Å². The normalized spacial score (nSPS) is 10.5. The summed E-state index contributed by atoms with van der Waals surface area (Å²) in [5, 5.41) is 6.60. The highest BCUT2D eigenvalue weighted by atomic mass is 16.5. The molecule has 0 fully saturated rings. The molecule has 0 spiro atoms. The Morgan fingerprint density at radius 1 is 1.36 bits per heavy atom. The lowest BCUT2D eigenvalue weighted by molar-refractivity contribution is 0.0953. The smallest absolute Gasteiger partial charge is 0.251 e. The molecule has 2 aromatic rings. The Labute approximate surface area is 128 Å². The van der Waals surface area contributed by atoms with Crippen LogP contribution in [0.5, 0.6) is 5.75 Å². The second kappa shape index (κ2) is 8.14. The lowest BCUT2D eigenvalue weighted by atomic mass is 10.2. The molecule has 3 N–H and O–H groups in total. The number of benzene rings is 1. The highest BCUT2D eigenvalue weighted by molar-refractivity contribution is 5.94. The van der Waals surface area contributed by atoms with E-state index >= 15 is 0 Å². The molecule has 0 unspecified atom stereocenters. The van der Waals surface area contributed by atoms with Crippen molar-refractivity contribution in [1.82, 2.24) is 15.5 Å². The molecule has 0 atom stereocenters. The van der Waals surface area contributed by atoms with Gasteiger partial charge in [-0.05, 0) is 37.2 Å². The maximum atomic E-state index is 11.8. The Morgan fingerprint density at radius 3 is 2.77 bits per heavy atom. The number of aromatic nitrogens is 2. The summed E-state index contributed by atoms with van der Waals surface area (Å²) < 4.78 is 10.5. The molecule has 118 valence electrons. The molecule has 0 aliphatic carbocycles. The molecular formula is C15H20N4O3. The van der Waals surface area contributed by atoms with Gasteiger partial charge in [-0.2, -0.15) is 4.98 Å². The number of ether oxygens (including phenoxy) is 1. The Hall–Kier alpha value is -2.41. The summed E-state index contributed by atoms with van der Waals surface area (Å²) in [5.74, 6) is 1.61. The molecule has 7 heteroatoms. The van der Waals surface area contributed by atoms with Crippen molar-refractivity contribution in [3.8, 4) is 5.75 Å². The molecule has 0 saturated heterocycles. The van der Waals surface area contributed by atoms with E-state index in [1.807, 2.05) is 6.92 Å². The van der Waals surface area contributed by atoms with E-state index in [0.29, 0.717) is 42.5 Å². The predicted octanol–water partition coefficient (Wildman–Crippen LogP) is 1.29.